The van der Waals surface area contributed by atoms with Crippen LogP contribution in [0.3, 0.4) is 0 Å². The van der Waals surface area contributed by atoms with Crippen LogP contribution in [-0.2, 0) is 4.74 Å². The van der Waals surface area contributed by atoms with Crippen molar-refractivity contribution in [1.29, 1.82) is 0 Å². The molecule has 3 nitrogen and oxygen atoms in total. The second kappa shape index (κ2) is 2.43. The Balaban J connectivity index is 2.47. The van der Waals surface area contributed by atoms with Crippen LogP contribution in [0.1, 0.15) is 20.3 Å². The van der Waals surface area contributed by atoms with Gasteiger partial charge in [-0.3, -0.25) is 0 Å². The molecular weight excluding hydrogens is 118 g/mol. The molecule has 1 aliphatic heterocycles. The van der Waals surface area contributed by atoms with Crippen LogP contribution in [0.4, 0.5) is 0 Å². The number of ether oxygens (including phenoxy) is 1. The van der Waals surface area contributed by atoms with Gasteiger partial charge in [-0.1, -0.05) is 5.18 Å². The fourth-order valence-corrected chi connectivity index (χ4v) is 1.17. The van der Waals surface area contributed by atoms with Crippen molar-refractivity contribution in [2.24, 2.45) is 5.18 Å². The predicted molar refractivity (Wildman–Crippen MR) is 34.2 cm³/mol. The lowest BCUT2D eigenvalue weighted by Crippen LogP contribution is -2.13. The lowest BCUT2D eigenvalue weighted by molar-refractivity contribution is 0.0637. The summed E-state index contributed by atoms with van der Waals surface area (Å²) in [5.41, 5.74) is 0. The predicted octanol–water partition coefficient (Wildman–Crippen LogP) is 1.32. The highest BCUT2D eigenvalue weighted by molar-refractivity contribution is 4.82. The van der Waals surface area contributed by atoms with Crippen LogP contribution < -0.4 is 0 Å². The molecule has 0 aromatic rings. The lowest BCUT2D eigenvalue weighted by Gasteiger charge is -2.03. The van der Waals surface area contributed by atoms with E-state index in [1.165, 1.54) is 0 Å². The molecule has 9 heavy (non-hydrogen) atoms. The molecule has 3 heteroatoms. The molecule has 3 unspecified atom stereocenters. The minimum Gasteiger partial charge on any atom is -0.373 e. The van der Waals surface area contributed by atoms with Gasteiger partial charge in [-0.05, 0) is 13.8 Å². The molecule has 1 saturated heterocycles. The molecule has 1 rings (SSSR count). The standard InChI is InChI=1S/C6H11NO2/c1-4-3-6(7-8)5(2)9-4/h4-6H,3H2,1-2H3. The Kier molecular flexibility index (Phi) is 1.81. The molecule has 0 aliphatic carbocycles. The summed E-state index contributed by atoms with van der Waals surface area (Å²) < 4.78 is 5.27. The van der Waals surface area contributed by atoms with E-state index in [2.05, 4.69) is 5.18 Å². The van der Waals surface area contributed by atoms with Gasteiger partial charge in [0.05, 0.1) is 12.2 Å². The summed E-state index contributed by atoms with van der Waals surface area (Å²) in [5.74, 6) is 0. The van der Waals surface area contributed by atoms with Gasteiger partial charge in [0.1, 0.15) is 6.04 Å². The maximum Gasteiger partial charge on any atom is 0.120 e. The van der Waals surface area contributed by atoms with E-state index in [-0.39, 0.29) is 18.2 Å². The molecule has 52 valence electrons. The first kappa shape index (κ1) is 6.68. The van der Waals surface area contributed by atoms with Gasteiger partial charge < -0.3 is 4.74 Å². The first-order chi connectivity index (χ1) is 4.24. The van der Waals surface area contributed by atoms with E-state index in [0.29, 0.717) is 0 Å². The van der Waals surface area contributed by atoms with Gasteiger partial charge in [-0.15, -0.1) is 0 Å². The van der Waals surface area contributed by atoms with Crippen molar-refractivity contribution >= 4 is 0 Å². The topological polar surface area (TPSA) is 38.7 Å². The van der Waals surface area contributed by atoms with E-state index < -0.39 is 0 Å². The molecule has 3 atom stereocenters. The Bertz CT molecular complexity index is 116. The molecule has 0 aromatic heterocycles. The fourth-order valence-electron chi connectivity index (χ4n) is 1.17. The Labute approximate surface area is 54.4 Å². The third kappa shape index (κ3) is 1.27. The van der Waals surface area contributed by atoms with Gasteiger partial charge in [-0.2, -0.15) is 4.91 Å². The van der Waals surface area contributed by atoms with Gasteiger partial charge in [0.15, 0.2) is 0 Å². The van der Waals surface area contributed by atoms with Gasteiger partial charge in [0.2, 0.25) is 0 Å². The smallest absolute Gasteiger partial charge is 0.120 e. The largest absolute Gasteiger partial charge is 0.373 e. The number of hydrogen-bond donors (Lipinski definition) is 0. The van der Waals surface area contributed by atoms with Crippen molar-refractivity contribution in [3.63, 3.8) is 0 Å². The molecule has 0 bridgehead atoms. The zero-order valence-corrected chi connectivity index (χ0v) is 5.70. The Morgan fingerprint density at radius 3 is 2.44 bits per heavy atom. The first-order valence-corrected chi connectivity index (χ1v) is 3.22. The van der Waals surface area contributed by atoms with Crippen LogP contribution in [0.15, 0.2) is 5.18 Å². The molecule has 0 radical (unpaired) electrons. The summed E-state index contributed by atoms with van der Waals surface area (Å²) in [6.07, 6.45) is 1.02. The first-order valence-electron chi connectivity index (χ1n) is 3.22. The Morgan fingerprint density at radius 1 is 1.56 bits per heavy atom. The van der Waals surface area contributed by atoms with Crippen molar-refractivity contribution < 1.29 is 4.74 Å². The van der Waals surface area contributed by atoms with E-state index >= 15 is 0 Å². The van der Waals surface area contributed by atoms with Crippen molar-refractivity contribution in [2.45, 2.75) is 38.5 Å². The fraction of sp³-hybridized carbons (Fsp3) is 1.00. The molecule has 0 amide bonds. The Morgan fingerprint density at radius 2 is 2.22 bits per heavy atom. The second-order valence-electron chi connectivity index (χ2n) is 2.56. The van der Waals surface area contributed by atoms with Crippen LogP contribution in [0.25, 0.3) is 0 Å². The lowest BCUT2D eigenvalue weighted by atomic mass is 10.1. The average molecular weight is 129 g/mol. The minimum atomic E-state index is -0.111. The van der Waals surface area contributed by atoms with Crippen molar-refractivity contribution in [3.05, 3.63) is 4.91 Å². The summed E-state index contributed by atoms with van der Waals surface area (Å²) in [6.45, 7) is 3.84. The van der Waals surface area contributed by atoms with Gasteiger partial charge in [0.25, 0.3) is 0 Å². The van der Waals surface area contributed by atoms with Crippen LogP contribution in [-0.4, -0.2) is 18.2 Å². The molecule has 0 aromatic carbocycles. The van der Waals surface area contributed by atoms with E-state index in [9.17, 15) is 4.91 Å². The SMILES string of the molecule is CC1CC(N=O)C(C)O1. The molecule has 1 aliphatic rings. The third-order valence-corrected chi connectivity index (χ3v) is 1.70. The zero-order chi connectivity index (χ0) is 6.85. The van der Waals surface area contributed by atoms with Crippen LogP contribution in [0.2, 0.25) is 0 Å². The average Bonchev–Trinajstić information content (AvgIpc) is 2.10. The highest BCUT2D eigenvalue weighted by Crippen LogP contribution is 2.21. The summed E-state index contributed by atoms with van der Waals surface area (Å²) in [6, 6.07) is -0.111. The Hall–Kier alpha value is -0.440. The van der Waals surface area contributed by atoms with Gasteiger partial charge >= 0.3 is 0 Å². The normalized spacial score (nSPS) is 43.1. The molecule has 0 N–H and O–H groups in total. The maximum atomic E-state index is 10.0. The second-order valence-corrected chi connectivity index (χ2v) is 2.56. The number of hydrogen-bond acceptors (Lipinski definition) is 3. The van der Waals surface area contributed by atoms with Crippen LogP contribution in [0, 0.1) is 4.91 Å². The van der Waals surface area contributed by atoms with Crippen LogP contribution in [0.5, 0.6) is 0 Å². The minimum absolute atomic E-state index is 0.0255. The number of rotatable bonds is 1. The third-order valence-electron chi connectivity index (χ3n) is 1.70. The van der Waals surface area contributed by atoms with E-state index in [1.807, 2.05) is 13.8 Å². The van der Waals surface area contributed by atoms with Gasteiger partial charge in [-0.25, -0.2) is 0 Å². The van der Waals surface area contributed by atoms with Crippen molar-refractivity contribution in [2.75, 3.05) is 0 Å². The summed E-state index contributed by atoms with van der Waals surface area (Å²) in [5, 5.41) is 2.94. The molecule has 0 saturated carbocycles. The highest BCUT2D eigenvalue weighted by atomic mass is 16.5. The zero-order valence-electron chi connectivity index (χ0n) is 5.70. The quantitative estimate of drug-likeness (QED) is 0.501. The molecule has 1 fully saturated rings. The number of nitroso groups, excluding NO2 is 1. The van der Waals surface area contributed by atoms with E-state index in [0.717, 1.165) is 6.42 Å². The molecule has 0 spiro atoms. The van der Waals surface area contributed by atoms with E-state index in [4.69, 9.17) is 4.74 Å². The maximum absolute atomic E-state index is 10.0. The number of nitrogens with zero attached hydrogens (tertiary/aromatic N) is 1. The summed E-state index contributed by atoms with van der Waals surface area (Å²) in [7, 11) is 0. The molecular formula is C6H11NO2. The summed E-state index contributed by atoms with van der Waals surface area (Å²) in [4.78, 5) is 10.0. The molecule has 1 heterocycles. The monoisotopic (exact) mass is 129 g/mol. The highest BCUT2D eigenvalue weighted by Gasteiger charge is 2.29. The summed E-state index contributed by atoms with van der Waals surface area (Å²) >= 11 is 0. The van der Waals surface area contributed by atoms with Gasteiger partial charge in [0, 0.05) is 6.42 Å². The van der Waals surface area contributed by atoms with Crippen molar-refractivity contribution in [3.8, 4) is 0 Å². The van der Waals surface area contributed by atoms with E-state index in [1.54, 1.807) is 0 Å². The van der Waals surface area contributed by atoms with Crippen LogP contribution >= 0.6 is 0 Å². The van der Waals surface area contributed by atoms with Crippen molar-refractivity contribution in [1.82, 2.24) is 0 Å².